The van der Waals surface area contributed by atoms with Crippen molar-refractivity contribution >= 4 is 22.6 Å². The quantitative estimate of drug-likeness (QED) is 0.479. The molecule has 0 bridgehead atoms. The monoisotopic (exact) mass is 416 g/mol. The van der Waals surface area contributed by atoms with Gasteiger partial charge in [0.05, 0.1) is 18.7 Å². The van der Waals surface area contributed by atoms with Gasteiger partial charge in [-0.3, -0.25) is 4.79 Å². The van der Waals surface area contributed by atoms with E-state index >= 15 is 0 Å². The highest BCUT2D eigenvalue weighted by molar-refractivity contribution is 5.96. The van der Waals surface area contributed by atoms with Gasteiger partial charge in [-0.15, -0.1) is 0 Å². The second kappa shape index (κ2) is 7.69. The van der Waals surface area contributed by atoms with E-state index in [0.717, 1.165) is 52.8 Å². The molecule has 0 saturated carbocycles. The second-order valence-electron chi connectivity index (χ2n) is 8.37. The summed E-state index contributed by atoms with van der Waals surface area (Å²) in [7, 11) is 0. The molecule has 2 heterocycles. The summed E-state index contributed by atoms with van der Waals surface area (Å²) in [4.78, 5) is 16.3. The van der Waals surface area contributed by atoms with Crippen LogP contribution in [0, 0.1) is 19.7 Å². The third-order valence-electron chi connectivity index (χ3n) is 6.29. The van der Waals surface area contributed by atoms with E-state index in [1.807, 2.05) is 18.5 Å². The number of carbonyl (C=O) groups is 1. The Morgan fingerprint density at radius 3 is 2.97 bits per heavy atom. The summed E-state index contributed by atoms with van der Waals surface area (Å²) in [5.74, 6) is 0.288. The lowest BCUT2D eigenvalue weighted by Gasteiger charge is -2.27. The third kappa shape index (κ3) is 3.52. The van der Waals surface area contributed by atoms with Crippen molar-refractivity contribution in [2.24, 2.45) is 0 Å². The van der Waals surface area contributed by atoms with Gasteiger partial charge in [0.25, 0.3) is 0 Å². The molecular weight excluding hydrogens is 391 g/mol. The summed E-state index contributed by atoms with van der Waals surface area (Å²) in [6.45, 7) is 3.87. The van der Waals surface area contributed by atoms with Crippen LogP contribution >= 0.6 is 0 Å². The highest BCUT2D eigenvalue weighted by Crippen LogP contribution is 2.35. The molecule has 2 aromatic heterocycles. The summed E-state index contributed by atoms with van der Waals surface area (Å²) in [5, 5.41) is 8.45. The minimum Gasteiger partial charge on any atom is -0.358 e. The average molecular weight is 417 g/mol. The van der Waals surface area contributed by atoms with Crippen molar-refractivity contribution in [1.82, 2.24) is 14.8 Å². The molecule has 6 heteroatoms. The number of fused-ring (bicyclic) bond motifs is 2. The number of aromatic nitrogens is 3. The summed E-state index contributed by atoms with van der Waals surface area (Å²) in [5.41, 5.74) is 6.08. The minimum absolute atomic E-state index is 0.109. The number of hydrogen-bond acceptors (Lipinski definition) is 2. The van der Waals surface area contributed by atoms with Gasteiger partial charge in [-0.2, -0.15) is 5.10 Å². The molecule has 2 N–H and O–H groups in total. The molecule has 1 amide bonds. The third-order valence-corrected chi connectivity index (χ3v) is 6.29. The Morgan fingerprint density at radius 2 is 2.10 bits per heavy atom. The molecule has 4 aromatic rings. The van der Waals surface area contributed by atoms with Gasteiger partial charge in [0.1, 0.15) is 11.6 Å². The van der Waals surface area contributed by atoms with Crippen molar-refractivity contribution in [3.05, 3.63) is 82.4 Å². The first-order valence-electron chi connectivity index (χ1n) is 10.7. The topological polar surface area (TPSA) is 62.7 Å². The number of amides is 1. The summed E-state index contributed by atoms with van der Waals surface area (Å²) in [6, 6.07) is 13.2. The summed E-state index contributed by atoms with van der Waals surface area (Å²) in [6.07, 6.45) is 5.13. The predicted octanol–water partition coefficient (Wildman–Crippen LogP) is 5.23. The van der Waals surface area contributed by atoms with Crippen molar-refractivity contribution in [2.75, 3.05) is 5.32 Å². The van der Waals surface area contributed by atoms with Crippen LogP contribution in [0.5, 0.6) is 0 Å². The van der Waals surface area contributed by atoms with Crippen LogP contribution < -0.4 is 5.32 Å². The zero-order valence-corrected chi connectivity index (χ0v) is 17.7. The number of rotatable bonds is 4. The van der Waals surface area contributed by atoms with Crippen molar-refractivity contribution in [3.8, 4) is 0 Å². The lowest BCUT2D eigenvalue weighted by atomic mass is 9.88. The summed E-state index contributed by atoms with van der Waals surface area (Å²) < 4.78 is 15.7. The fourth-order valence-electron chi connectivity index (χ4n) is 4.74. The second-order valence-corrected chi connectivity index (χ2v) is 8.37. The number of aryl methyl sites for hydroxylation is 3. The molecule has 1 aliphatic carbocycles. The molecule has 1 aliphatic rings. The van der Waals surface area contributed by atoms with E-state index in [9.17, 15) is 9.18 Å². The molecular formula is C25H25FN4O. The van der Waals surface area contributed by atoms with Crippen LogP contribution in [-0.4, -0.2) is 20.7 Å². The first-order valence-corrected chi connectivity index (χ1v) is 10.7. The number of nitrogens with zero attached hydrogens (tertiary/aromatic N) is 2. The largest absolute Gasteiger partial charge is 0.358 e. The van der Waals surface area contributed by atoms with Crippen molar-refractivity contribution in [2.45, 2.75) is 45.6 Å². The number of H-pyrrole nitrogens is 1. The van der Waals surface area contributed by atoms with Crippen LogP contribution in [0.25, 0.3) is 10.9 Å². The normalized spacial score (nSPS) is 15.8. The van der Waals surface area contributed by atoms with E-state index in [0.29, 0.717) is 0 Å². The number of nitrogens with one attached hydrogen (secondary N) is 2. The van der Waals surface area contributed by atoms with E-state index in [4.69, 9.17) is 0 Å². The van der Waals surface area contributed by atoms with Gasteiger partial charge in [0, 0.05) is 22.2 Å². The van der Waals surface area contributed by atoms with Crippen molar-refractivity contribution < 1.29 is 9.18 Å². The molecule has 0 saturated heterocycles. The first kappa shape index (κ1) is 19.5. The van der Waals surface area contributed by atoms with Gasteiger partial charge in [-0.25, -0.2) is 9.07 Å². The van der Waals surface area contributed by atoms with E-state index in [2.05, 4.69) is 39.7 Å². The number of hydrogen-bond donors (Lipinski definition) is 2. The van der Waals surface area contributed by atoms with Gasteiger partial charge in [-0.1, -0.05) is 24.3 Å². The zero-order chi connectivity index (χ0) is 21.5. The van der Waals surface area contributed by atoms with Crippen LogP contribution in [-0.2, 0) is 17.6 Å². The molecule has 0 aliphatic heterocycles. The predicted molar refractivity (Wildman–Crippen MR) is 120 cm³/mol. The Kier molecular flexibility index (Phi) is 4.85. The fourth-order valence-corrected chi connectivity index (χ4v) is 4.74. The molecule has 5 rings (SSSR count). The molecule has 31 heavy (non-hydrogen) atoms. The van der Waals surface area contributed by atoms with Crippen molar-refractivity contribution in [1.29, 1.82) is 0 Å². The molecule has 1 unspecified atom stereocenters. The Morgan fingerprint density at radius 1 is 1.26 bits per heavy atom. The summed E-state index contributed by atoms with van der Waals surface area (Å²) >= 11 is 0. The lowest BCUT2D eigenvalue weighted by molar-refractivity contribution is -0.115. The molecule has 1 atom stereocenters. The van der Waals surface area contributed by atoms with Gasteiger partial charge < -0.3 is 10.3 Å². The fraction of sp³-hybridized carbons (Fsp3) is 0.280. The van der Waals surface area contributed by atoms with Crippen LogP contribution in [0.15, 0.2) is 48.7 Å². The highest BCUT2D eigenvalue weighted by atomic mass is 19.1. The molecule has 0 spiro atoms. The first-order chi connectivity index (χ1) is 15.0. The molecule has 5 nitrogen and oxygen atoms in total. The number of aromatic amines is 1. The maximum atomic E-state index is 13.8. The molecule has 0 radical (unpaired) electrons. The Balaban J connectivity index is 1.44. The number of halogens is 1. The van der Waals surface area contributed by atoms with Gasteiger partial charge in [0.2, 0.25) is 5.91 Å². The van der Waals surface area contributed by atoms with Crippen LogP contribution in [0.2, 0.25) is 0 Å². The van der Waals surface area contributed by atoms with Gasteiger partial charge >= 0.3 is 0 Å². The van der Waals surface area contributed by atoms with E-state index in [1.54, 1.807) is 12.3 Å². The molecule has 158 valence electrons. The van der Waals surface area contributed by atoms with Gasteiger partial charge in [0.15, 0.2) is 0 Å². The van der Waals surface area contributed by atoms with E-state index < -0.39 is 0 Å². The smallest absolute Gasteiger partial charge is 0.230 e. The van der Waals surface area contributed by atoms with Crippen LogP contribution in [0.3, 0.4) is 0 Å². The average Bonchev–Trinajstić information content (AvgIpc) is 3.27. The molecule has 2 aromatic carbocycles. The van der Waals surface area contributed by atoms with E-state index in [1.165, 1.54) is 23.3 Å². The maximum Gasteiger partial charge on any atom is 0.230 e. The molecule has 0 fully saturated rings. The number of benzene rings is 2. The Bertz CT molecular complexity index is 1290. The van der Waals surface area contributed by atoms with E-state index in [-0.39, 0.29) is 24.2 Å². The van der Waals surface area contributed by atoms with Crippen molar-refractivity contribution in [3.63, 3.8) is 0 Å². The Hall–Kier alpha value is -3.41. The van der Waals surface area contributed by atoms with Gasteiger partial charge in [-0.05, 0) is 68.0 Å². The standard InChI is InChI=1S/C25H25FN4O/c1-15-14-27-30(23-9-5-7-17-6-3-4-8-19(17)23)25(15)29-24(31)13-20-16(2)28-22-11-10-18(26)12-21(20)22/h3-4,6,8,10-12,14,23,28H,5,7,9,13H2,1-2H3,(H,29,31). The zero-order valence-electron chi connectivity index (χ0n) is 17.7. The highest BCUT2D eigenvalue weighted by Gasteiger charge is 2.25. The number of anilines is 1. The number of carbonyl (C=O) groups excluding carboxylic acids is 1. The SMILES string of the molecule is Cc1cnn(C2CCCc3ccccc32)c1NC(=O)Cc1c(C)[nH]c2ccc(F)cc12. The lowest BCUT2D eigenvalue weighted by Crippen LogP contribution is -2.23. The Labute approximate surface area is 180 Å². The minimum atomic E-state index is -0.307. The van der Waals surface area contributed by atoms with Crippen LogP contribution in [0.1, 0.15) is 46.8 Å². The van der Waals surface area contributed by atoms with Crippen LogP contribution in [0.4, 0.5) is 10.2 Å². The maximum absolute atomic E-state index is 13.8.